The highest BCUT2D eigenvalue weighted by Crippen LogP contribution is 2.37. The van der Waals surface area contributed by atoms with Crippen molar-refractivity contribution < 1.29 is 19.4 Å². The Bertz CT molecular complexity index is 1190. The van der Waals surface area contributed by atoms with E-state index in [9.17, 15) is 14.7 Å². The zero-order valence-electron chi connectivity index (χ0n) is 16.2. The fourth-order valence-electron chi connectivity index (χ4n) is 2.71. The van der Waals surface area contributed by atoms with Crippen molar-refractivity contribution in [3.63, 3.8) is 0 Å². The minimum absolute atomic E-state index is 0.0676. The number of rotatable bonds is 5. The summed E-state index contributed by atoms with van der Waals surface area (Å²) in [5, 5.41) is 9.90. The van der Waals surface area contributed by atoms with Gasteiger partial charge in [-0.05, 0) is 47.7 Å². The molecule has 10 heteroatoms. The summed E-state index contributed by atoms with van der Waals surface area (Å²) in [5.74, 6) is 0.360. The third-order valence-electron chi connectivity index (χ3n) is 4.39. The number of thioether (sulfide) groups is 1. The third kappa shape index (κ3) is 4.59. The summed E-state index contributed by atoms with van der Waals surface area (Å²) in [5.41, 5.74) is 2.17. The number of phenolic OH excluding ortho intramolecular Hbond substituents is 1. The second-order valence-electron chi connectivity index (χ2n) is 6.52. The number of carbonyl (C=O) groups excluding carboxylic acids is 2. The van der Waals surface area contributed by atoms with Crippen LogP contribution >= 0.6 is 27.7 Å². The molecule has 1 saturated heterocycles. The van der Waals surface area contributed by atoms with Crippen molar-refractivity contribution in [2.75, 3.05) is 7.05 Å². The van der Waals surface area contributed by atoms with E-state index in [2.05, 4.69) is 30.9 Å². The van der Waals surface area contributed by atoms with Gasteiger partial charge in [0.05, 0.1) is 4.91 Å². The molecule has 2 aromatic heterocycles. The van der Waals surface area contributed by atoms with Crippen molar-refractivity contribution in [1.82, 2.24) is 19.9 Å². The smallest absolute Gasteiger partial charge is 0.293 e. The molecular weight excluding hydrogens is 484 g/mol. The third-order valence-corrected chi connectivity index (χ3v) is 6.04. The summed E-state index contributed by atoms with van der Waals surface area (Å²) < 4.78 is 6.30. The lowest BCUT2D eigenvalue weighted by atomic mass is 10.2. The molecule has 2 amide bonds. The van der Waals surface area contributed by atoms with Crippen LogP contribution < -0.4 is 4.74 Å². The molecule has 1 aliphatic heterocycles. The number of benzene rings is 1. The molecule has 1 N–H and O–H groups in total. The molecule has 0 spiro atoms. The van der Waals surface area contributed by atoms with Crippen LogP contribution in [-0.4, -0.2) is 43.2 Å². The lowest BCUT2D eigenvalue weighted by Gasteiger charge is -2.11. The van der Waals surface area contributed by atoms with E-state index in [1.165, 1.54) is 13.1 Å². The maximum Gasteiger partial charge on any atom is 0.293 e. The van der Waals surface area contributed by atoms with Gasteiger partial charge in [-0.15, -0.1) is 0 Å². The lowest BCUT2D eigenvalue weighted by molar-refractivity contribution is -0.121. The molecule has 0 atom stereocenters. The van der Waals surface area contributed by atoms with Crippen LogP contribution in [0.15, 0.2) is 58.4 Å². The molecule has 4 rings (SSSR count). The van der Waals surface area contributed by atoms with Crippen molar-refractivity contribution in [2.24, 2.45) is 0 Å². The predicted molar refractivity (Wildman–Crippen MR) is 119 cm³/mol. The molecule has 3 heterocycles. The van der Waals surface area contributed by atoms with Gasteiger partial charge in [0.15, 0.2) is 17.3 Å². The summed E-state index contributed by atoms with van der Waals surface area (Å²) in [7, 11) is 1.43. The Balaban J connectivity index is 1.51. The highest BCUT2D eigenvalue weighted by atomic mass is 79.9. The van der Waals surface area contributed by atoms with Crippen molar-refractivity contribution in [2.45, 2.75) is 6.61 Å². The van der Waals surface area contributed by atoms with Crippen LogP contribution in [0, 0.1) is 0 Å². The normalized spacial score (nSPS) is 15.0. The molecule has 1 aromatic carbocycles. The quantitative estimate of drug-likeness (QED) is 0.520. The molecule has 1 fully saturated rings. The van der Waals surface area contributed by atoms with E-state index in [1.807, 2.05) is 12.1 Å². The Morgan fingerprint density at radius 1 is 1.19 bits per heavy atom. The number of aromatic nitrogens is 3. The topological polar surface area (TPSA) is 106 Å². The molecule has 3 aromatic rings. The number of likely N-dealkylation sites (N-methyl/N-ethyl adjacent to an activating group) is 1. The number of ether oxygens (including phenoxy) is 1. The van der Waals surface area contributed by atoms with E-state index in [4.69, 9.17) is 4.74 Å². The number of halogens is 1. The Hall–Kier alpha value is -3.24. The first-order chi connectivity index (χ1) is 14.9. The van der Waals surface area contributed by atoms with Crippen LogP contribution in [0.2, 0.25) is 0 Å². The van der Waals surface area contributed by atoms with Gasteiger partial charge < -0.3 is 9.84 Å². The van der Waals surface area contributed by atoms with Gasteiger partial charge in [0.2, 0.25) is 0 Å². The Kier molecular flexibility index (Phi) is 6.01. The minimum Gasteiger partial charge on any atom is -0.504 e. The van der Waals surface area contributed by atoms with Crippen molar-refractivity contribution >= 4 is 44.9 Å². The fourth-order valence-corrected chi connectivity index (χ4v) is 3.98. The number of hydrogen-bond donors (Lipinski definition) is 1. The van der Waals surface area contributed by atoms with E-state index >= 15 is 0 Å². The van der Waals surface area contributed by atoms with Gasteiger partial charge in [-0.1, -0.05) is 15.9 Å². The summed E-state index contributed by atoms with van der Waals surface area (Å²) in [6, 6.07) is 6.70. The number of nitrogens with zero attached hydrogens (tertiary/aromatic N) is 4. The largest absolute Gasteiger partial charge is 0.504 e. The zero-order chi connectivity index (χ0) is 22.0. The lowest BCUT2D eigenvalue weighted by Crippen LogP contribution is -2.22. The summed E-state index contributed by atoms with van der Waals surface area (Å²) in [6.45, 7) is 0.136. The van der Waals surface area contributed by atoms with E-state index < -0.39 is 0 Å². The number of aromatic hydroxyl groups is 1. The van der Waals surface area contributed by atoms with Gasteiger partial charge in [0.1, 0.15) is 6.61 Å². The van der Waals surface area contributed by atoms with Gasteiger partial charge in [0, 0.05) is 47.4 Å². The number of phenols is 1. The van der Waals surface area contributed by atoms with Gasteiger partial charge in [-0.3, -0.25) is 19.5 Å². The van der Waals surface area contributed by atoms with Gasteiger partial charge in [0.25, 0.3) is 11.1 Å². The number of imide groups is 1. The molecule has 31 heavy (non-hydrogen) atoms. The molecule has 0 saturated carbocycles. The zero-order valence-corrected chi connectivity index (χ0v) is 18.6. The summed E-state index contributed by atoms with van der Waals surface area (Å²) >= 11 is 4.22. The number of amides is 2. The fraction of sp³-hybridized carbons (Fsp3) is 0.0952. The Labute approximate surface area is 190 Å². The minimum atomic E-state index is -0.371. The molecular formula is C21H15BrN4O4S. The van der Waals surface area contributed by atoms with Crippen LogP contribution in [0.1, 0.15) is 11.1 Å². The first kappa shape index (κ1) is 21.0. The van der Waals surface area contributed by atoms with E-state index in [0.717, 1.165) is 22.2 Å². The number of hydrogen-bond acceptors (Lipinski definition) is 8. The highest BCUT2D eigenvalue weighted by molar-refractivity contribution is 9.10. The second kappa shape index (κ2) is 8.86. The maximum atomic E-state index is 12.1. The standard InChI is InChI=1S/C21H15BrN4O4S/c1-26-20(28)18(31-21(26)29)7-14-6-17(16(27)8-15(14)22)30-11-12-9-24-19(25-10-12)13-2-4-23-5-3-13/h2-10,27H,11H2,1H3/b18-7-. The number of carbonyl (C=O) groups is 2. The van der Waals surface area contributed by atoms with E-state index in [-0.39, 0.29) is 29.3 Å². The van der Waals surface area contributed by atoms with Crippen molar-refractivity contribution in [1.29, 1.82) is 0 Å². The first-order valence-electron chi connectivity index (χ1n) is 9.00. The summed E-state index contributed by atoms with van der Waals surface area (Å²) in [4.78, 5) is 37.8. The second-order valence-corrected chi connectivity index (χ2v) is 8.37. The van der Waals surface area contributed by atoms with Crippen LogP contribution in [0.3, 0.4) is 0 Å². The first-order valence-corrected chi connectivity index (χ1v) is 10.6. The van der Waals surface area contributed by atoms with Crippen LogP contribution in [0.25, 0.3) is 17.5 Å². The van der Waals surface area contributed by atoms with Crippen LogP contribution in [-0.2, 0) is 11.4 Å². The SMILES string of the molecule is CN1C(=O)S/C(=C\c2cc(OCc3cnc(-c4ccncc4)nc3)c(O)cc2Br)C1=O. The van der Waals surface area contributed by atoms with Gasteiger partial charge >= 0.3 is 0 Å². The maximum absolute atomic E-state index is 12.1. The van der Waals surface area contributed by atoms with Gasteiger partial charge in [-0.25, -0.2) is 9.97 Å². The molecule has 0 unspecified atom stereocenters. The molecule has 8 nitrogen and oxygen atoms in total. The molecule has 1 aliphatic rings. The molecule has 0 radical (unpaired) electrons. The van der Waals surface area contributed by atoms with Crippen LogP contribution in [0.5, 0.6) is 11.5 Å². The molecule has 0 aliphatic carbocycles. The monoisotopic (exact) mass is 498 g/mol. The highest BCUT2D eigenvalue weighted by Gasteiger charge is 2.32. The molecule has 0 bridgehead atoms. The Morgan fingerprint density at radius 3 is 2.55 bits per heavy atom. The van der Waals surface area contributed by atoms with Crippen LogP contribution in [0.4, 0.5) is 4.79 Å². The Morgan fingerprint density at radius 2 is 1.90 bits per heavy atom. The van der Waals surface area contributed by atoms with Gasteiger partial charge in [-0.2, -0.15) is 0 Å². The van der Waals surface area contributed by atoms with Crippen molar-refractivity contribution in [3.8, 4) is 22.9 Å². The average molecular weight is 499 g/mol. The predicted octanol–water partition coefficient (Wildman–Crippen LogP) is 4.25. The van der Waals surface area contributed by atoms with E-state index in [0.29, 0.717) is 26.3 Å². The number of pyridine rings is 1. The molecule has 156 valence electrons. The average Bonchev–Trinajstić information content (AvgIpc) is 3.02. The summed E-state index contributed by atoms with van der Waals surface area (Å²) in [6.07, 6.45) is 8.22. The van der Waals surface area contributed by atoms with Crippen molar-refractivity contribution in [3.05, 3.63) is 69.6 Å². The van der Waals surface area contributed by atoms with E-state index in [1.54, 1.807) is 36.9 Å².